The van der Waals surface area contributed by atoms with Gasteiger partial charge in [0, 0.05) is 18.3 Å². The highest BCUT2D eigenvalue weighted by molar-refractivity contribution is 8.13. The summed E-state index contributed by atoms with van der Waals surface area (Å²) < 4.78 is 0. The van der Waals surface area contributed by atoms with Crippen LogP contribution in [0.1, 0.15) is 45.4 Å². The highest BCUT2D eigenvalue weighted by Crippen LogP contribution is 2.61. The summed E-state index contributed by atoms with van der Waals surface area (Å²) in [7, 11) is 0. The first-order valence-electron chi connectivity index (χ1n) is 8.75. The fourth-order valence-corrected chi connectivity index (χ4v) is 6.72. The van der Waals surface area contributed by atoms with E-state index in [9.17, 15) is 9.59 Å². The highest BCUT2D eigenvalue weighted by Gasteiger charge is 2.53. The SMILES string of the molecule is CC(NC(=O)CN1CCSC1=O)C12CC3CC(CC(C3)C1)C2. The maximum absolute atomic E-state index is 12.3. The Bertz CT molecular complexity index is 458. The zero-order chi connectivity index (χ0) is 15.3. The topological polar surface area (TPSA) is 49.4 Å². The van der Waals surface area contributed by atoms with Crippen molar-refractivity contribution in [1.29, 1.82) is 0 Å². The number of nitrogens with zero attached hydrogens (tertiary/aromatic N) is 1. The van der Waals surface area contributed by atoms with E-state index in [0.717, 1.165) is 23.5 Å². The Morgan fingerprint density at radius 1 is 1.27 bits per heavy atom. The average Bonchev–Trinajstić information content (AvgIpc) is 2.82. The van der Waals surface area contributed by atoms with Crippen molar-refractivity contribution in [3.63, 3.8) is 0 Å². The summed E-state index contributed by atoms with van der Waals surface area (Å²) in [6.07, 6.45) is 8.20. The fourth-order valence-electron chi connectivity index (χ4n) is 5.89. The minimum Gasteiger partial charge on any atom is -0.352 e. The van der Waals surface area contributed by atoms with Crippen LogP contribution in [-0.2, 0) is 4.79 Å². The van der Waals surface area contributed by atoms with Gasteiger partial charge < -0.3 is 10.2 Å². The number of hydrogen-bond donors (Lipinski definition) is 1. The van der Waals surface area contributed by atoms with Gasteiger partial charge in [-0.1, -0.05) is 11.8 Å². The van der Waals surface area contributed by atoms with Crippen molar-refractivity contribution in [2.75, 3.05) is 18.8 Å². The van der Waals surface area contributed by atoms with Crippen LogP contribution in [0.5, 0.6) is 0 Å². The molecular formula is C17H26N2O2S. The maximum atomic E-state index is 12.3. The van der Waals surface area contributed by atoms with E-state index < -0.39 is 0 Å². The number of thioether (sulfide) groups is 1. The Labute approximate surface area is 136 Å². The van der Waals surface area contributed by atoms with Gasteiger partial charge in [-0.3, -0.25) is 9.59 Å². The molecule has 4 nitrogen and oxygen atoms in total. The zero-order valence-electron chi connectivity index (χ0n) is 13.3. The minimum absolute atomic E-state index is 0.0269. The molecule has 1 saturated heterocycles. The Kier molecular flexibility index (Phi) is 3.67. The van der Waals surface area contributed by atoms with Crippen LogP contribution in [0, 0.1) is 23.2 Å². The Morgan fingerprint density at radius 3 is 2.36 bits per heavy atom. The molecule has 0 radical (unpaired) electrons. The predicted molar refractivity (Wildman–Crippen MR) is 87.6 cm³/mol. The summed E-state index contributed by atoms with van der Waals surface area (Å²) in [4.78, 5) is 25.6. The van der Waals surface area contributed by atoms with Gasteiger partial charge in [-0.05, 0) is 68.6 Å². The van der Waals surface area contributed by atoms with Gasteiger partial charge in [0.25, 0.3) is 5.24 Å². The molecule has 1 atom stereocenters. The first-order valence-corrected chi connectivity index (χ1v) is 9.74. The molecule has 0 spiro atoms. The van der Waals surface area contributed by atoms with E-state index >= 15 is 0 Å². The van der Waals surface area contributed by atoms with Crippen molar-refractivity contribution in [2.24, 2.45) is 23.2 Å². The van der Waals surface area contributed by atoms with Crippen molar-refractivity contribution in [1.82, 2.24) is 10.2 Å². The van der Waals surface area contributed by atoms with E-state index in [0.29, 0.717) is 12.0 Å². The summed E-state index contributed by atoms with van der Waals surface area (Å²) in [5.41, 5.74) is 0.341. The summed E-state index contributed by atoms with van der Waals surface area (Å²) >= 11 is 1.32. The lowest BCUT2D eigenvalue weighted by atomic mass is 9.48. The smallest absolute Gasteiger partial charge is 0.282 e. The lowest BCUT2D eigenvalue weighted by Gasteiger charge is -2.59. The standard InChI is InChI=1S/C17H26N2O2S/c1-11(18-15(20)10-19-2-3-22-16(19)21)17-7-12-4-13(8-17)6-14(5-12)9-17/h11-14H,2-10H2,1H3,(H,18,20). The monoisotopic (exact) mass is 322 g/mol. The molecular weight excluding hydrogens is 296 g/mol. The number of rotatable bonds is 4. The molecule has 22 heavy (non-hydrogen) atoms. The van der Waals surface area contributed by atoms with Gasteiger partial charge in [-0.2, -0.15) is 0 Å². The van der Waals surface area contributed by atoms with E-state index in [1.807, 2.05) is 0 Å². The third kappa shape index (κ3) is 2.55. The molecule has 0 aromatic carbocycles. The fraction of sp³-hybridized carbons (Fsp3) is 0.882. The van der Waals surface area contributed by atoms with Crippen molar-refractivity contribution in [3.05, 3.63) is 0 Å². The van der Waals surface area contributed by atoms with Crippen molar-refractivity contribution < 1.29 is 9.59 Å². The van der Waals surface area contributed by atoms with Crippen LogP contribution < -0.4 is 5.32 Å². The van der Waals surface area contributed by atoms with E-state index in [2.05, 4.69) is 12.2 Å². The van der Waals surface area contributed by atoms with Gasteiger partial charge >= 0.3 is 0 Å². The average molecular weight is 322 g/mol. The predicted octanol–water partition coefficient (Wildman–Crippen LogP) is 2.88. The Morgan fingerprint density at radius 2 is 1.86 bits per heavy atom. The van der Waals surface area contributed by atoms with Gasteiger partial charge in [-0.15, -0.1) is 0 Å². The lowest BCUT2D eigenvalue weighted by molar-refractivity contribution is -0.126. The number of hydrogen-bond acceptors (Lipinski definition) is 3. The molecule has 5 fully saturated rings. The van der Waals surface area contributed by atoms with Crippen LogP contribution in [0.25, 0.3) is 0 Å². The Hall–Kier alpha value is -0.710. The number of nitrogens with one attached hydrogen (secondary N) is 1. The van der Waals surface area contributed by atoms with Gasteiger partial charge in [0.2, 0.25) is 5.91 Å². The molecule has 1 N–H and O–H groups in total. The first kappa shape index (κ1) is 14.9. The third-order valence-corrected chi connectivity index (χ3v) is 7.45. The van der Waals surface area contributed by atoms with Crippen LogP contribution >= 0.6 is 11.8 Å². The highest BCUT2D eigenvalue weighted by atomic mass is 32.2. The molecule has 0 aromatic rings. The van der Waals surface area contributed by atoms with E-state index in [4.69, 9.17) is 0 Å². The van der Waals surface area contributed by atoms with Crippen molar-refractivity contribution in [3.8, 4) is 0 Å². The summed E-state index contributed by atoms with van der Waals surface area (Å²) in [6.45, 7) is 3.15. The largest absolute Gasteiger partial charge is 0.352 e. The van der Waals surface area contributed by atoms with Crippen LogP contribution in [0.15, 0.2) is 0 Å². The quantitative estimate of drug-likeness (QED) is 0.866. The second-order valence-electron chi connectivity index (χ2n) is 8.11. The third-order valence-electron chi connectivity index (χ3n) is 6.56. The maximum Gasteiger partial charge on any atom is 0.282 e. The molecule has 5 aliphatic rings. The van der Waals surface area contributed by atoms with Gasteiger partial charge in [0.15, 0.2) is 0 Å². The zero-order valence-corrected chi connectivity index (χ0v) is 14.2. The molecule has 2 amide bonds. The van der Waals surface area contributed by atoms with Crippen LogP contribution in [-0.4, -0.2) is 40.9 Å². The van der Waals surface area contributed by atoms with E-state index in [-0.39, 0.29) is 23.7 Å². The van der Waals surface area contributed by atoms with Crippen molar-refractivity contribution >= 4 is 22.9 Å². The molecule has 5 rings (SSSR count). The normalized spacial score (nSPS) is 41.0. The van der Waals surface area contributed by atoms with E-state index in [1.54, 1.807) is 4.90 Å². The number of carbonyl (C=O) groups is 2. The van der Waals surface area contributed by atoms with Crippen LogP contribution in [0.3, 0.4) is 0 Å². The van der Waals surface area contributed by atoms with Crippen molar-refractivity contribution in [2.45, 2.75) is 51.5 Å². The van der Waals surface area contributed by atoms with Gasteiger partial charge in [0.05, 0.1) is 0 Å². The Balaban J connectivity index is 1.38. The molecule has 4 aliphatic carbocycles. The molecule has 4 saturated carbocycles. The molecule has 1 heterocycles. The molecule has 5 heteroatoms. The second kappa shape index (κ2) is 5.43. The van der Waals surface area contributed by atoms with Crippen LogP contribution in [0.4, 0.5) is 4.79 Å². The summed E-state index contributed by atoms with van der Waals surface area (Å²) in [5, 5.41) is 3.30. The molecule has 0 aromatic heterocycles. The molecule has 1 unspecified atom stereocenters. The molecule has 122 valence electrons. The first-order chi connectivity index (χ1) is 10.5. The van der Waals surface area contributed by atoms with Crippen LogP contribution in [0.2, 0.25) is 0 Å². The molecule has 4 bridgehead atoms. The van der Waals surface area contributed by atoms with E-state index in [1.165, 1.54) is 50.3 Å². The summed E-state index contributed by atoms with van der Waals surface area (Å²) in [6, 6.07) is 0.249. The van der Waals surface area contributed by atoms with Gasteiger partial charge in [-0.25, -0.2) is 0 Å². The second-order valence-corrected chi connectivity index (χ2v) is 9.15. The minimum atomic E-state index is 0.0269. The van der Waals surface area contributed by atoms with Gasteiger partial charge in [0.1, 0.15) is 6.54 Å². The lowest BCUT2D eigenvalue weighted by Crippen LogP contribution is -2.56. The summed E-state index contributed by atoms with van der Waals surface area (Å²) in [5.74, 6) is 3.56. The number of carbonyl (C=O) groups excluding carboxylic acids is 2. The molecule has 1 aliphatic heterocycles. The number of amides is 2.